The fourth-order valence-electron chi connectivity index (χ4n) is 3.10. The number of benzene rings is 2. The second-order valence-corrected chi connectivity index (χ2v) is 8.40. The number of halogens is 1. The first kappa shape index (κ1) is 18.5. The third kappa shape index (κ3) is 3.34. The van der Waals surface area contributed by atoms with Gasteiger partial charge in [0.1, 0.15) is 0 Å². The van der Waals surface area contributed by atoms with E-state index in [4.69, 9.17) is 11.6 Å². The van der Waals surface area contributed by atoms with Crippen molar-refractivity contribution in [2.75, 3.05) is 10.8 Å². The predicted molar refractivity (Wildman–Crippen MR) is 103 cm³/mol. The molecule has 3 rings (SSSR count). The van der Waals surface area contributed by atoms with Crippen LogP contribution in [0.1, 0.15) is 22.8 Å². The molecular weight excluding hydrogens is 372 g/mol. The molecule has 7 heteroatoms. The summed E-state index contributed by atoms with van der Waals surface area (Å²) in [5.41, 5.74) is 1.94. The lowest BCUT2D eigenvalue weighted by molar-refractivity contribution is 0.0958. The molecule has 0 saturated heterocycles. The molecule has 0 aliphatic carbocycles. The second kappa shape index (κ2) is 7.13. The van der Waals surface area contributed by atoms with Gasteiger partial charge in [-0.3, -0.25) is 9.10 Å². The van der Waals surface area contributed by atoms with Crippen LogP contribution >= 0.6 is 11.6 Å². The van der Waals surface area contributed by atoms with E-state index in [1.54, 1.807) is 36.4 Å². The van der Waals surface area contributed by atoms with Gasteiger partial charge in [-0.25, -0.2) is 8.42 Å². The topological polar surface area (TPSA) is 66.5 Å². The van der Waals surface area contributed by atoms with E-state index in [9.17, 15) is 13.2 Å². The minimum absolute atomic E-state index is 0.189. The molecule has 2 aromatic rings. The molecule has 5 nitrogen and oxygen atoms in total. The summed E-state index contributed by atoms with van der Waals surface area (Å²) in [5, 5.41) is 3.20. The molecule has 1 aliphatic heterocycles. The number of nitrogens with one attached hydrogen (secondary N) is 1. The Balaban J connectivity index is 1.96. The molecule has 1 amide bonds. The van der Waals surface area contributed by atoms with E-state index < -0.39 is 10.0 Å². The van der Waals surface area contributed by atoms with Crippen LogP contribution in [0.5, 0.6) is 0 Å². The Morgan fingerprint density at radius 2 is 2.00 bits per heavy atom. The lowest BCUT2D eigenvalue weighted by Gasteiger charge is -2.24. The molecule has 1 atom stereocenters. The monoisotopic (exact) mass is 390 g/mol. The Hall–Kier alpha value is -2.31. The van der Waals surface area contributed by atoms with Crippen molar-refractivity contribution in [3.8, 4) is 0 Å². The molecule has 2 aromatic carbocycles. The molecule has 1 N–H and O–H groups in total. The zero-order valence-corrected chi connectivity index (χ0v) is 15.8. The van der Waals surface area contributed by atoms with Crippen molar-refractivity contribution >= 4 is 33.2 Å². The third-order valence-corrected chi connectivity index (χ3v) is 6.47. The Morgan fingerprint density at radius 3 is 2.65 bits per heavy atom. The zero-order valence-electron chi connectivity index (χ0n) is 14.3. The average Bonchev–Trinajstić information content (AvgIpc) is 2.95. The number of amides is 1. The SMILES string of the molecule is C=CCNC(=O)c1ccc2c(c1)C[C@@H](C)N2S(=O)(=O)c1ccc(Cl)cc1. The highest BCUT2D eigenvalue weighted by molar-refractivity contribution is 7.92. The van der Waals surface area contributed by atoms with Gasteiger partial charge in [0.2, 0.25) is 0 Å². The maximum Gasteiger partial charge on any atom is 0.264 e. The highest BCUT2D eigenvalue weighted by atomic mass is 35.5. The normalized spacial score (nSPS) is 16.2. The Kier molecular flexibility index (Phi) is 5.07. The summed E-state index contributed by atoms with van der Waals surface area (Å²) in [6, 6.07) is 11.0. The first-order chi connectivity index (χ1) is 12.3. The molecule has 0 unspecified atom stereocenters. The highest BCUT2D eigenvalue weighted by Crippen LogP contribution is 2.37. The molecule has 0 aromatic heterocycles. The standard InChI is InChI=1S/C19H19ClN2O3S/c1-3-10-21-19(23)14-4-9-18-15(12-14)11-13(2)22(18)26(24,25)17-7-5-16(20)6-8-17/h3-9,12-13H,1,10-11H2,2H3,(H,21,23)/t13-/m1/s1. The van der Waals surface area contributed by atoms with Gasteiger partial charge in [-0.15, -0.1) is 6.58 Å². The van der Waals surface area contributed by atoms with Gasteiger partial charge in [0, 0.05) is 23.2 Å². The van der Waals surface area contributed by atoms with Gasteiger partial charge in [-0.05, 0) is 61.4 Å². The van der Waals surface area contributed by atoms with E-state index in [-0.39, 0.29) is 16.8 Å². The van der Waals surface area contributed by atoms with Gasteiger partial charge in [-0.1, -0.05) is 17.7 Å². The van der Waals surface area contributed by atoms with E-state index in [0.29, 0.717) is 29.2 Å². The Labute approximate surface area is 158 Å². The van der Waals surface area contributed by atoms with Crippen molar-refractivity contribution in [3.63, 3.8) is 0 Å². The number of nitrogens with zero attached hydrogens (tertiary/aromatic N) is 1. The first-order valence-electron chi connectivity index (χ1n) is 8.16. The molecule has 1 heterocycles. The van der Waals surface area contributed by atoms with Crippen LogP contribution in [0.25, 0.3) is 0 Å². The molecule has 0 bridgehead atoms. The number of hydrogen-bond acceptors (Lipinski definition) is 3. The van der Waals surface area contributed by atoms with Crippen molar-refractivity contribution < 1.29 is 13.2 Å². The van der Waals surface area contributed by atoms with Gasteiger partial charge in [0.05, 0.1) is 10.6 Å². The van der Waals surface area contributed by atoms with Crippen molar-refractivity contribution in [2.24, 2.45) is 0 Å². The van der Waals surface area contributed by atoms with Gasteiger partial charge < -0.3 is 5.32 Å². The summed E-state index contributed by atoms with van der Waals surface area (Å²) >= 11 is 5.86. The number of fused-ring (bicyclic) bond motifs is 1. The lowest BCUT2D eigenvalue weighted by atomic mass is 10.1. The van der Waals surface area contributed by atoms with Crippen molar-refractivity contribution in [3.05, 3.63) is 71.3 Å². The number of anilines is 1. The molecule has 0 fully saturated rings. The number of carbonyl (C=O) groups excluding carboxylic acids is 1. The van der Waals surface area contributed by atoms with Crippen LogP contribution < -0.4 is 9.62 Å². The molecule has 136 valence electrons. The summed E-state index contributed by atoms with van der Waals surface area (Å²) in [4.78, 5) is 12.3. The average molecular weight is 391 g/mol. The summed E-state index contributed by atoms with van der Waals surface area (Å²) in [6.07, 6.45) is 2.15. The molecule has 0 saturated carbocycles. The van der Waals surface area contributed by atoms with Crippen molar-refractivity contribution in [1.29, 1.82) is 0 Å². The summed E-state index contributed by atoms with van der Waals surface area (Å²) in [5.74, 6) is -0.209. The Morgan fingerprint density at radius 1 is 1.31 bits per heavy atom. The van der Waals surface area contributed by atoms with E-state index in [1.165, 1.54) is 16.4 Å². The van der Waals surface area contributed by atoms with Gasteiger partial charge >= 0.3 is 0 Å². The largest absolute Gasteiger partial charge is 0.349 e. The number of carbonyl (C=O) groups is 1. The maximum absolute atomic E-state index is 13.1. The van der Waals surface area contributed by atoms with Crippen LogP contribution in [-0.2, 0) is 16.4 Å². The molecule has 26 heavy (non-hydrogen) atoms. The molecule has 0 spiro atoms. The van der Waals surface area contributed by atoms with Gasteiger partial charge in [-0.2, -0.15) is 0 Å². The molecule has 1 aliphatic rings. The van der Waals surface area contributed by atoms with Crippen LogP contribution in [0.15, 0.2) is 60.0 Å². The minimum Gasteiger partial charge on any atom is -0.349 e. The van der Waals surface area contributed by atoms with Crippen molar-refractivity contribution in [2.45, 2.75) is 24.3 Å². The van der Waals surface area contributed by atoms with Crippen LogP contribution in [-0.4, -0.2) is 26.9 Å². The number of hydrogen-bond donors (Lipinski definition) is 1. The van der Waals surface area contributed by atoms with Crippen LogP contribution in [0.2, 0.25) is 5.02 Å². The van der Waals surface area contributed by atoms with E-state index in [2.05, 4.69) is 11.9 Å². The first-order valence-corrected chi connectivity index (χ1v) is 9.98. The fraction of sp³-hybridized carbons (Fsp3) is 0.211. The van der Waals surface area contributed by atoms with Crippen LogP contribution in [0.4, 0.5) is 5.69 Å². The van der Waals surface area contributed by atoms with Crippen molar-refractivity contribution in [1.82, 2.24) is 5.32 Å². The summed E-state index contributed by atoms with van der Waals surface area (Å²) < 4.78 is 27.6. The maximum atomic E-state index is 13.1. The fourth-order valence-corrected chi connectivity index (χ4v) is 4.92. The molecular formula is C19H19ClN2O3S. The highest BCUT2D eigenvalue weighted by Gasteiger charge is 2.36. The lowest BCUT2D eigenvalue weighted by Crippen LogP contribution is -2.35. The van der Waals surface area contributed by atoms with Crippen LogP contribution in [0.3, 0.4) is 0 Å². The van der Waals surface area contributed by atoms with Crippen LogP contribution in [0, 0.1) is 0 Å². The summed E-state index contributed by atoms with van der Waals surface area (Å²) in [7, 11) is -3.70. The number of rotatable bonds is 5. The van der Waals surface area contributed by atoms with E-state index >= 15 is 0 Å². The minimum atomic E-state index is -3.70. The molecule has 0 radical (unpaired) electrons. The van der Waals surface area contributed by atoms with Gasteiger partial charge in [0.15, 0.2) is 0 Å². The quantitative estimate of drug-likeness (QED) is 0.796. The second-order valence-electron chi connectivity index (χ2n) is 6.15. The van der Waals surface area contributed by atoms with Gasteiger partial charge in [0.25, 0.3) is 15.9 Å². The predicted octanol–water partition coefficient (Wildman–Crippen LogP) is 3.40. The van der Waals surface area contributed by atoms with E-state index in [1.807, 2.05) is 6.92 Å². The Bertz CT molecular complexity index is 955. The number of sulfonamides is 1. The third-order valence-electron chi connectivity index (χ3n) is 4.27. The summed E-state index contributed by atoms with van der Waals surface area (Å²) in [6.45, 7) is 5.80. The van der Waals surface area contributed by atoms with E-state index in [0.717, 1.165) is 5.56 Å². The zero-order chi connectivity index (χ0) is 18.9. The smallest absolute Gasteiger partial charge is 0.264 e.